The van der Waals surface area contributed by atoms with Crippen molar-refractivity contribution in [2.45, 2.75) is 0 Å². The van der Waals surface area contributed by atoms with Gasteiger partial charge in [-0.2, -0.15) is 0 Å². The monoisotopic (exact) mass is 305 g/mol. The van der Waals surface area contributed by atoms with Crippen LogP contribution in [0.2, 0.25) is 0 Å². The minimum Gasteiger partial charge on any atom is -0.452 e. The maximum atomic E-state index is 11.8. The van der Waals surface area contributed by atoms with E-state index in [1.807, 2.05) is 0 Å². The maximum Gasteiger partial charge on any atom is 0.338 e. The van der Waals surface area contributed by atoms with Gasteiger partial charge < -0.3 is 14.8 Å². The lowest BCUT2D eigenvalue weighted by molar-refractivity contribution is -0.124. The molecule has 1 heterocycles. The van der Waals surface area contributed by atoms with Crippen LogP contribution in [0.25, 0.3) is 5.69 Å². The number of hydrogen-bond donors (Lipinski definition) is 1. The third-order valence-electron chi connectivity index (χ3n) is 2.68. The molecule has 0 aliphatic rings. The Morgan fingerprint density at radius 1 is 1.27 bits per heavy atom. The molecule has 116 valence electrons. The first kappa shape index (κ1) is 15.6. The number of tetrazole rings is 1. The summed E-state index contributed by atoms with van der Waals surface area (Å²) in [7, 11) is 1.53. The summed E-state index contributed by atoms with van der Waals surface area (Å²) in [6, 6.07) is 6.49. The van der Waals surface area contributed by atoms with Gasteiger partial charge in [0.15, 0.2) is 6.61 Å². The fourth-order valence-corrected chi connectivity index (χ4v) is 1.59. The first-order chi connectivity index (χ1) is 10.7. The van der Waals surface area contributed by atoms with Gasteiger partial charge in [0.25, 0.3) is 5.91 Å². The van der Waals surface area contributed by atoms with E-state index < -0.39 is 5.97 Å². The SMILES string of the molecule is COCCNC(=O)COC(=O)c1ccc(-n2cnnn2)cc1. The molecule has 0 saturated carbocycles. The molecule has 9 nitrogen and oxygen atoms in total. The Kier molecular flexibility index (Phi) is 5.55. The largest absolute Gasteiger partial charge is 0.452 e. The highest BCUT2D eigenvalue weighted by molar-refractivity contribution is 5.91. The van der Waals surface area contributed by atoms with Gasteiger partial charge in [-0.25, -0.2) is 9.48 Å². The normalized spacial score (nSPS) is 10.2. The van der Waals surface area contributed by atoms with Crippen LogP contribution in [0.4, 0.5) is 0 Å². The molecule has 1 amide bonds. The van der Waals surface area contributed by atoms with E-state index in [0.29, 0.717) is 24.4 Å². The van der Waals surface area contributed by atoms with Crippen LogP contribution in [0.15, 0.2) is 30.6 Å². The molecule has 2 aromatic rings. The van der Waals surface area contributed by atoms with E-state index in [2.05, 4.69) is 20.8 Å². The maximum absolute atomic E-state index is 11.8. The Morgan fingerprint density at radius 3 is 2.68 bits per heavy atom. The number of nitrogens with zero attached hydrogens (tertiary/aromatic N) is 4. The lowest BCUT2D eigenvalue weighted by Gasteiger charge is -2.06. The standard InChI is InChI=1S/C13H15N5O4/c1-21-7-6-14-12(19)8-22-13(20)10-2-4-11(5-3-10)18-9-15-16-17-18/h2-5,9H,6-8H2,1H3,(H,14,19). The molecule has 9 heteroatoms. The summed E-state index contributed by atoms with van der Waals surface area (Å²) in [5.41, 5.74) is 1.04. The summed E-state index contributed by atoms with van der Waals surface area (Å²) in [5, 5.41) is 13.3. The number of esters is 1. The Morgan fingerprint density at radius 2 is 2.05 bits per heavy atom. The van der Waals surface area contributed by atoms with E-state index in [9.17, 15) is 9.59 Å². The summed E-state index contributed by atoms with van der Waals surface area (Å²) in [4.78, 5) is 23.2. The minimum absolute atomic E-state index is 0.335. The molecule has 0 saturated heterocycles. The minimum atomic E-state index is -0.579. The van der Waals surface area contributed by atoms with Gasteiger partial charge in [-0.1, -0.05) is 0 Å². The predicted octanol–water partition coefficient (Wildman–Crippen LogP) is -0.418. The smallest absolute Gasteiger partial charge is 0.338 e. The summed E-state index contributed by atoms with van der Waals surface area (Å²) in [6.07, 6.45) is 1.44. The topological polar surface area (TPSA) is 108 Å². The molecule has 0 radical (unpaired) electrons. The van der Waals surface area contributed by atoms with Crippen molar-refractivity contribution in [1.82, 2.24) is 25.5 Å². The lowest BCUT2D eigenvalue weighted by Crippen LogP contribution is -2.31. The fraction of sp³-hybridized carbons (Fsp3) is 0.308. The summed E-state index contributed by atoms with van der Waals surface area (Å²) in [6.45, 7) is 0.434. The van der Waals surface area contributed by atoms with Crippen molar-refractivity contribution in [2.75, 3.05) is 26.9 Å². The number of amides is 1. The molecule has 1 aromatic heterocycles. The van der Waals surface area contributed by atoms with Crippen molar-refractivity contribution in [3.8, 4) is 5.69 Å². The molecule has 0 aliphatic heterocycles. The number of nitrogens with one attached hydrogen (secondary N) is 1. The van der Waals surface area contributed by atoms with Gasteiger partial charge in [0, 0.05) is 13.7 Å². The molecule has 2 rings (SSSR count). The van der Waals surface area contributed by atoms with E-state index >= 15 is 0 Å². The van der Waals surface area contributed by atoms with Gasteiger partial charge in [-0.05, 0) is 34.7 Å². The van der Waals surface area contributed by atoms with Gasteiger partial charge in [-0.15, -0.1) is 5.10 Å². The van der Waals surface area contributed by atoms with Crippen LogP contribution >= 0.6 is 0 Å². The second kappa shape index (κ2) is 7.84. The van der Waals surface area contributed by atoms with Crippen LogP contribution in [0, 0.1) is 0 Å². The number of hydrogen-bond acceptors (Lipinski definition) is 7. The predicted molar refractivity (Wildman–Crippen MR) is 74.3 cm³/mol. The van der Waals surface area contributed by atoms with Gasteiger partial charge in [-0.3, -0.25) is 4.79 Å². The van der Waals surface area contributed by atoms with Crippen molar-refractivity contribution < 1.29 is 19.1 Å². The number of carbonyl (C=O) groups is 2. The first-order valence-corrected chi connectivity index (χ1v) is 6.47. The third-order valence-corrected chi connectivity index (χ3v) is 2.68. The Bertz CT molecular complexity index is 612. The molecule has 0 aliphatic carbocycles. The average molecular weight is 305 g/mol. The Balaban J connectivity index is 1.84. The van der Waals surface area contributed by atoms with E-state index in [0.717, 1.165) is 0 Å². The first-order valence-electron chi connectivity index (χ1n) is 6.47. The van der Waals surface area contributed by atoms with Crippen molar-refractivity contribution in [3.05, 3.63) is 36.2 Å². The summed E-state index contributed by atoms with van der Waals surface area (Å²) < 4.78 is 11.2. The molecule has 0 spiro atoms. The van der Waals surface area contributed by atoms with Crippen LogP contribution < -0.4 is 5.32 Å². The second-order valence-electron chi connectivity index (χ2n) is 4.22. The third kappa shape index (κ3) is 4.35. The van der Waals surface area contributed by atoms with Gasteiger partial charge in [0.05, 0.1) is 17.9 Å². The van der Waals surface area contributed by atoms with Crippen molar-refractivity contribution in [1.29, 1.82) is 0 Å². The van der Waals surface area contributed by atoms with Crippen LogP contribution in [0.1, 0.15) is 10.4 Å². The number of aromatic nitrogens is 4. The number of rotatable bonds is 7. The van der Waals surface area contributed by atoms with Crippen molar-refractivity contribution in [3.63, 3.8) is 0 Å². The summed E-state index contributed by atoms with van der Waals surface area (Å²) >= 11 is 0. The second-order valence-corrected chi connectivity index (χ2v) is 4.22. The molecule has 1 aromatic carbocycles. The zero-order valence-corrected chi connectivity index (χ0v) is 11.9. The Hall–Kier alpha value is -2.81. The number of carbonyl (C=O) groups excluding carboxylic acids is 2. The van der Waals surface area contributed by atoms with E-state index in [4.69, 9.17) is 9.47 Å². The number of ether oxygens (including phenoxy) is 2. The molecule has 0 fully saturated rings. The van der Waals surface area contributed by atoms with Crippen LogP contribution in [0.3, 0.4) is 0 Å². The van der Waals surface area contributed by atoms with E-state index in [-0.39, 0.29) is 12.5 Å². The molecule has 0 unspecified atom stereocenters. The quantitative estimate of drug-likeness (QED) is 0.546. The van der Waals surface area contributed by atoms with Crippen LogP contribution in [-0.4, -0.2) is 59.0 Å². The number of benzene rings is 1. The molecular weight excluding hydrogens is 290 g/mol. The van der Waals surface area contributed by atoms with Gasteiger partial charge in [0.1, 0.15) is 6.33 Å². The van der Waals surface area contributed by atoms with Crippen LogP contribution in [0.5, 0.6) is 0 Å². The molecular formula is C13H15N5O4. The summed E-state index contributed by atoms with van der Waals surface area (Å²) in [5.74, 6) is -0.958. The molecule has 22 heavy (non-hydrogen) atoms. The Labute approximate surface area is 126 Å². The zero-order valence-electron chi connectivity index (χ0n) is 11.9. The van der Waals surface area contributed by atoms with Crippen molar-refractivity contribution >= 4 is 11.9 Å². The highest BCUT2D eigenvalue weighted by Gasteiger charge is 2.10. The highest BCUT2D eigenvalue weighted by Crippen LogP contribution is 2.08. The lowest BCUT2D eigenvalue weighted by atomic mass is 10.2. The number of methoxy groups -OCH3 is 1. The molecule has 1 N–H and O–H groups in total. The van der Waals surface area contributed by atoms with Gasteiger partial charge in [0.2, 0.25) is 0 Å². The highest BCUT2D eigenvalue weighted by atomic mass is 16.5. The van der Waals surface area contributed by atoms with Gasteiger partial charge >= 0.3 is 5.97 Å². The molecule has 0 bridgehead atoms. The van der Waals surface area contributed by atoms with E-state index in [1.165, 1.54) is 18.1 Å². The molecule has 0 atom stereocenters. The van der Waals surface area contributed by atoms with Crippen LogP contribution in [-0.2, 0) is 14.3 Å². The average Bonchev–Trinajstić information content (AvgIpc) is 3.07. The van der Waals surface area contributed by atoms with E-state index in [1.54, 1.807) is 24.3 Å². The zero-order chi connectivity index (χ0) is 15.8. The fourth-order valence-electron chi connectivity index (χ4n) is 1.59. The van der Waals surface area contributed by atoms with Crippen molar-refractivity contribution in [2.24, 2.45) is 0 Å².